The number of benzene rings is 1. The van der Waals surface area contributed by atoms with Crippen LogP contribution in [0.4, 0.5) is 10.1 Å². The zero-order valence-electron chi connectivity index (χ0n) is 27.1. The number of likely N-dealkylation sites (tertiary alicyclic amines) is 1. The number of ether oxygens (including phenoxy) is 1. The van der Waals surface area contributed by atoms with Crippen molar-refractivity contribution in [3.63, 3.8) is 0 Å². The smallest absolute Gasteiger partial charge is 0.327 e. The Morgan fingerprint density at radius 2 is 1.80 bits per heavy atom. The van der Waals surface area contributed by atoms with E-state index in [0.717, 1.165) is 24.2 Å². The largest absolute Gasteiger partial charge is 0.383 e. The molecule has 0 saturated carbocycles. The monoisotopic (exact) mass is 653 g/mol. The highest BCUT2D eigenvalue weighted by Crippen LogP contribution is 2.48. The zero-order chi connectivity index (χ0) is 32.6. The number of hydrogen-bond acceptors (Lipinski definition) is 8. The molecule has 0 bridgehead atoms. The maximum absolute atomic E-state index is 15.6. The molecule has 13 heteroatoms. The molecule has 1 unspecified atom stereocenters. The van der Waals surface area contributed by atoms with Crippen LogP contribution in [0.3, 0.4) is 0 Å². The molecule has 3 aliphatic heterocycles. The number of halogens is 1. The molecule has 0 radical (unpaired) electrons. The highest BCUT2D eigenvalue weighted by atomic mass is 32.2. The van der Waals surface area contributed by atoms with Gasteiger partial charge in [0.25, 0.3) is 0 Å². The molecular weight excluding hydrogens is 609 g/mol. The number of para-hydroxylation sites is 1. The number of nitrogens with zero attached hydrogens (tertiary/aromatic N) is 6. The molecule has 3 aliphatic rings. The first-order valence-electron chi connectivity index (χ1n) is 16.1. The average Bonchev–Trinajstić information content (AvgIpc) is 3.54. The molecular formula is C33H44FN7O4S. The van der Waals surface area contributed by atoms with E-state index in [0.29, 0.717) is 63.5 Å². The summed E-state index contributed by atoms with van der Waals surface area (Å²) in [5, 5.41) is -1.01. The van der Waals surface area contributed by atoms with Crippen molar-refractivity contribution in [3.05, 3.63) is 58.4 Å². The summed E-state index contributed by atoms with van der Waals surface area (Å²) >= 11 is 1.43. The third-order valence-corrected chi connectivity index (χ3v) is 11.0. The molecule has 2 atom stereocenters. The molecule has 5 heterocycles. The maximum Gasteiger partial charge on any atom is 0.327 e. The lowest BCUT2D eigenvalue weighted by molar-refractivity contribution is -0.137. The van der Waals surface area contributed by atoms with Crippen LogP contribution in [-0.2, 0) is 14.3 Å². The average molecular weight is 654 g/mol. The van der Waals surface area contributed by atoms with E-state index in [1.165, 1.54) is 17.8 Å². The van der Waals surface area contributed by atoms with E-state index in [4.69, 9.17) is 4.74 Å². The van der Waals surface area contributed by atoms with Crippen LogP contribution in [0.2, 0.25) is 0 Å². The number of piperazine rings is 1. The van der Waals surface area contributed by atoms with Crippen LogP contribution in [-0.4, -0.2) is 111 Å². The van der Waals surface area contributed by atoms with Gasteiger partial charge in [0, 0.05) is 82.7 Å². The Balaban J connectivity index is 1.15. The standard InChI is InChI=1S/C33H44FN7O4S/c1-33(2,3)39-17-15-38(16-18-39)28-23(7-5-8-24(28)34)31-40(19-20-45-4)30(43)26(46-31)21-27(42)37-13-10-22(11-14-37)41-25-9-6-12-35-29(25)36-32(41)44/h5-9,12,22,26,31H,10-11,13-21H2,1-4H3,(H,35,36,44)/t26-,31?/m1/s1. The van der Waals surface area contributed by atoms with E-state index in [1.807, 2.05) is 18.2 Å². The molecule has 1 N–H and O–H groups in total. The molecule has 0 spiro atoms. The summed E-state index contributed by atoms with van der Waals surface area (Å²) in [6.45, 7) is 11.3. The van der Waals surface area contributed by atoms with Crippen LogP contribution in [0.1, 0.15) is 57.0 Å². The summed E-state index contributed by atoms with van der Waals surface area (Å²) in [4.78, 5) is 55.2. The first-order valence-corrected chi connectivity index (χ1v) is 17.1. The molecule has 11 nitrogen and oxygen atoms in total. The lowest BCUT2D eigenvalue weighted by Gasteiger charge is -2.43. The highest BCUT2D eigenvalue weighted by molar-refractivity contribution is 8.01. The number of aromatic nitrogens is 3. The van der Waals surface area contributed by atoms with Gasteiger partial charge in [-0.25, -0.2) is 14.2 Å². The Kier molecular flexibility index (Phi) is 9.45. The fourth-order valence-corrected chi connectivity index (χ4v) is 8.52. The molecule has 248 valence electrons. The van der Waals surface area contributed by atoms with Gasteiger partial charge in [0.15, 0.2) is 5.65 Å². The van der Waals surface area contributed by atoms with E-state index < -0.39 is 10.6 Å². The number of fused-ring (bicyclic) bond motifs is 1. The van der Waals surface area contributed by atoms with Crippen LogP contribution in [0, 0.1) is 5.82 Å². The minimum atomic E-state index is -0.580. The van der Waals surface area contributed by atoms with Crippen LogP contribution in [0.5, 0.6) is 0 Å². The fourth-order valence-electron chi connectivity index (χ4n) is 7.03. The van der Waals surface area contributed by atoms with Crippen molar-refractivity contribution >= 4 is 40.4 Å². The van der Waals surface area contributed by atoms with Crippen molar-refractivity contribution < 1.29 is 18.7 Å². The Bertz CT molecular complexity index is 1620. The Labute approximate surface area is 273 Å². The molecule has 3 saturated heterocycles. The second kappa shape index (κ2) is 13.4. The van der Waals surface area contributed by atoms with Gasteiger partial charge in [-0.15, -0.1) is 11.8 Å². The van der Waals surface area contributed by atoms with Crippen molar-refractivity contribution in [1.82, 2.24) is 29.2 Å². The van der Waals surface area contributed by atoms with E-state index in [2.05, 4.69) is 40.5 Å². The number of piperidine rings is 1. The van der Waals surface area contributed by atoms with E-state index in [1.54, 1.807) is 33.7 Å². The molecule has 3 aromatic rings. The number of rotatable bonds is 8. The number of imidazole rings is 1. The summed E-state index contributed by atoms with van der Waals surface area (Å²) in [6.07, 6.45) is 2.99. The number of carbonyl (C=O) groups is 2. The number of nitrogens with one attached hydrogen (secondary N) is 1. The van der Waals surface area contributed by atoms with E-state index >= 15 is 4.39 Å². The van der Waals surface area contributed by atoms with E-state index in [9.17, 15) is 14.4 Å². The Hall–Kier alpha value is -3.42. The second-order valence-electron chi connectivity index (χ2n) is 13.3. The van der Waals surface area contributed by atoms with Crippen LogP contribution < -0.4 is 10.6 Å². The normalized spacial score (nSPS) is 21.9. The van der Waals surface area contributed by atoms with Crippen molar-refractivity contribution in [2.24, 2.45) is 0 Å². The number of anilines is 1. The van der Waals surface area contributed by atoms with Crippen molar-refractivity contribution in [3.8, 4) is 0 Å². The van der Waals surface area contributed by atoms with Gasteiger partial charge in [0.2, 0.25) is 11.8 Å². The molecule has 2 aromatic heterocycles. The van der Waals surface area contributed by atoms with Gasteiger partial charge in [0.1, 0.15) is 11.2 Å². The number of pyridine rings is 1. The van der Waals surface area contributed by atoms with Crippen LogP contribution in [0.15, 0.2) is 41.3 Å². The van der Waals surface area contributed by atoms with Crippen molar-refractivity contribution in [1.29, 1.82) is 0 Å². The Morgan fingerprint density at radius 3 is 2.50 bits per heavy atom. The van der Waals surface area contributed by atoms with Gasteiger partial charge in [0.05, 0.1) is 23.1 Å². The van der Waals surface area contributed by atoms with Gasteiger partial charge < -0.3 is 19.4 Å². The third-order valence-electron chi connectivity index (χ3n) is 9.53. The second-order valence-corrected chi connectivity index (χ2v) is 14.6. The van der Waals surface area contributed by atoms with Gasteiger partial charge in [-0.2, -0.15) is 0 Å². The third kappa shape index (κ3) is 6.41. The number of hydrogen-bond donors (Lipinski definition) is 1. The molecule has 6 rings (SSSR count). The SMILES string of the molecule is COCCN1C(=O)[C@@H](CC(=O)N2CCC(n3c(=O)[nH]c4ncccc43)CC2)SC1c1cccc(F)c1N1CCN(C(C)(C)C)CC1. The first-order chi connectivity index (χ1) is 22.1. The quantitative estimate of drug-likeness (QED) is 0.393. The molecule has 3 fully saturated rings. The van der Waals surface area contributed by atoms with Crippen molar-refractivity contribution in [2.45, 2.75) is 62.2 Å². The number of aromatic amines is 1. The summed E-state index contributed by atoms with van der Waals surface area (Å²) < 4.78 is 22.7. The minimum Gasteiger partial charge on any atom is -0.383 e. The highest BCUT2D eigenvalue weighted by Gasteiger charge is 2.44. The van der Waals surface area contributed by atoms with Gasteiger partial charge in [-0.05, 0) is 51.8 Å². The fraction of sp³-hybridized carbons (Fsp3) is 0.576. The summed E-state index contributed by atoms with van der Waals surface area (Å²) in [5.41, 5.74) is 2.47. The zero-order valence-corrected chi connectivity index (χ0v) is 27.9. The number of thioether (sulfide) groups is 1. The summed E-state index contributed by atoms with van der Waals surface area (Å²) in [6, 6.07) is 8.75. The summed E-state index contributed by atoms with van der Waals surface area (Å²) in [5.74, 6) is -0.503. The lowest BCUT2D eigenvalue weighted by atomic mass is 10.0. The molecule has 46 heavy (non-hydrogen) atoms. The number of methoxy groups -OCH3 is 1. The summed E-state index contributed by atoms with van der Waals surface area (Å²) in [7, 11) is 1.59. The molecule has 1 aromatic carbocycles. The Morgan fingerprint density at radius 1 is 1.07 bits per heavy atom. The maximum atomic E-state index is 15.6. The van der Waals surface area contributed by atoms with Crippen LogP contribution >= 0.6 is 11.8 Å². The predicted octanol–water partition coefficient (Wildman–Crippen LogP) is 3.63. The number of carbonyl (C=O) groups excluding carboxylic acids is 2. The number of amides is 2. The van der Waals surface area contributed by atoms with Gasteiger partial charge in [-0.3, -0.25) is 24.0 Å². The lowest BCUT2D eigenvalue weighted by Crippen LogP contribution is -2.53. The van der Waals surface area contributed by atoms with Crippen LogP contribution in [0.25, 0.3) is 11.2 Å². The topological polar surface area (TPSA) is 107 Å². The predicted molar refractivity (Wildman–Crippen MR) is 177 cm³/mol. The van der Waals surface area contributed by atoms with E-state index in [-0.39, 0.29) is 41.3 Å². The minimum absolute atomic E-state index is 0.0373. The number of H-pyrrole nitrogens is 1. The molecule has 0 aliphatic carbocycles. The van der Waals surface area contributed by atoms with Gasteiger partial charge in [-0.1, -0.05) is 12.1 Å². The van der Waals surface area contributed by atoms with Crippen molar-refractivity contribution in [2.75, 3.05) is 64.4 Å². The first kappa shape index (κ1) is 32.5. The van der Waals surface area contributed by atoms with Gasteiger partial charge >= 0.3 is 5.69 Å². The molecule has 2 amide bonds.